The molecule has 11 N–H and O–H groups in total. The summed E-state index contributed by atoms with van der Waals surface area (Å²) in [7, 11) is -11.2. The van der Waals surface area contributed by atoms with Gasteiger partial charge in [0.05, 0.1) is 53.0 Å². The van der Waals surface area contributed by atoms with E-state index in [0.717, 1.165) is 12.7 Å². The van der Waals surface area contributed by atoms with Crippen LogP contribution in [0.5, 0.6) is 0 Å². The van der Waals surface area contributed by atoms with Crippen molar-refractivity contribution in [1.82, 2.24) is 48.8 Å². The highest BCUT2D eigenvalue weighted by atomic mass is 31.3. The highest BCUT2D eigenvalue weighted by Crippen LogP contribution is 2.67. The Labute approximate surface area is 523 Å². The summed E-state index contributed by atoms with van der Waals surface area (Å²) >= 11 is 0. The van der Waals surface area contributed by atoms with E-state index < -0.39 is 85.4 Å². The molecule has 0 aromatic carbocycles. The van der Waals surface area contributed by atoms with E-state index in [-0.39, 0.29) is 34.0 Å². The first-order valence-corrected chi connectivity index (χ1v) is 36.5. The zero-order valence-electron chi connectivity index (χ0n) is 53.8. The number of quaternary nitrogens is 1. The molecule has 3 radical (unpaired) electrons. The number of nitrogens with zero attached hydrogens (tertiary/aromatic N) is 10. The number of ether oxygens (including phenoxy) is 2. The number of aromatic nitrogens is 8. The van der Waals surface area contributed by atoms with Crippen LogP contribution in [0.2, 0.25) is 0 Å². The maximum absolute atomic E-state index is 12.6. The third-order valence-electron chi connectivity index (χ3n) is 14.9. The van der Waals surface area contributed by atoms with Crippen molar-refractivity contribution in [2.24, 2.45) is 0 Å². The monoisotopic (exact) mass is 1310 g/mol. The van der Waals surface area contributed by atoms with E-state index in [1.54, 1.807) is 0 Å². The Kier molecular flexibility index (Phi) is 37.9. The molecule has 2 aliphatic rings. The lowest BCUT2D eigenvalue weighted by molar-refractivity contribution is -0.900. The molecule has 2 fully saturated rings. The van der Waals surface area contributed by atoms with Gasteiger partial charge in [-0.05, 0) is 97.1 Å². The van der Waals surface area contributed by atoms with Crippen LogP contribution in [0.3, 0.4) is 0 Å². The first-order valence-electron chi connectivity index (χ1n) is 31.9. The molecule has 32 heteroatoms. The Balaban J connectivity index is 0.000000420. The molecule has 6 rings (SSSR count). The number of imidazole rings is 2. The summed E-state index contributed by atoms with van der Waals surface area (Å²) < 4.78 is 69.0. The number of rotatable bonds is 39. The number of fused-ring (bicyclic) bond motifs is 2. The highest BCUT2D eigenvalue weighted by molar-refractivity contribution is 7.86. The molecule has 0 aliphatic carbocycles. The first-order chi connectivity index (χ1) is 42.0. The summed E-state index contributed by atoms with van der Waals surface area (Å²) in [6.07, 6.45) is 16.8. The number of anilines is 2. The van der Waals surface area contributed by atoms with Gasteiger partial charge < -0.3 is 78.0 Å². The van der Waals surface area contributed by atoms with Crippen molar-refractivity contribution in [3.8, 4) is 0 Å². The summed E-state index contributed by atoms with van der Waals surface area (Å²) in [4.78, 5) is 50.9. The van der Waals surface area contributed by atoms with Crippen molar-refractivity contribution in [2.75, 3.05) is 83.6 Å². The number of aliphatic hydroxyl groups is 4. The molecular formula is C56H108BN13O15P3. The highest BCUT2D eigenvalue weighted by Gasteiger charge is 2.47. The van der Waals surface area contributed by atoms with Gasteiger partial charge in [0, 0.05) is 0 Å². The summed E-state index contributed by atoms with van der Waals surface area (Å²) in [5.74, 6) is 0.0552. The van der Waals surface area contributed by atoms with Gasteiger partial charge in [-0.1, -0.05) is 120 Å². The predicted molar refractivity (Wildman–Crippen MR) is 341 cm³/mol. The maximum Gasteiger partial charge on any atom is 0.476 e. The van der Waals surface area contributed by atoms with E-state index >= 15 is 0 Å². The standard InChI is InChI=1S/C20H26BN10O15P3.3C12H27N/c21-47(36,45-48(37,38)41-1-7-11(32)13(34)19(43-7)30-5-28-9-15(22)24-3-26-17(9)30)46-49(39,40)42-2-8-12(33)14(35)20(44-8)31-6-29-10-16(23)25-4-27-18(10)31;3*1-4-7-10-13(11-8-5-2)12-9-6-3/h3-8,11-14,19-20,32-35H,1-2H2,(H,37,38)(H,39,40)(H2,22,24,26)(H2,23,25,27);3*4-12H2,1-3H3/q-1;;;/p+1/t7-,8-,11-,12-,13-,14-,19-,20-;;;/m1.../s1. The van der Waals surface area contributed by atoms with Crippen LogP contribution in [-0.2, 0) is 40.8 Å². The van der Waals surface area contributed by atoms with Gasteiger partial charge in [-0.15, -0.1) is 0 Å². The number of nitrogens with one attached hydrogen (secondary N) is 1. The number of hydrogen-bond donors (Lipinski definition) is 9. The fourth-order valence-corrected chi connectivity index (χ4v) is 13.3. The lowest BCUT2D eigenvalue weighted by Crippen LogP contribution is -3.12. The number of phosphoric ester groups is 2. The number of nitrogen functional groups attached to an aromatic ring is 2. The Morgan fingerprint density at radius 2 is 0.795 bits per heavy atom. The average molecular weight is 1310 g/mol. The molecule has 2 saturated heterocycles. The topological polar surface area (TPSA) is 378 Å². The van der Waals surface area contributed by atoms with Crippen molar-refractivity contribution in [3.63, 3.8) is 0 Å². The number of nitrogens with two attached hydrogens (primary N) is 2. The minimum atomic E-state index is -5.50. The van der Waals surface area contributed by atoms with Crippen molar-refractivity contribution < 1.29 is 76.0 Å². The fourth-order valence-electron chi connectivity index (χ4n) is 9.61. The molecule has 10 atom stereocenters. The first kappa shape index (κ1) is 79.1. The van der Waals surface area contributed by atoms with E-state index in [0.29, 0.717) is 0 Å². The van der Waals surface area contributed by atoms with Gasteiger partial charge >= 0.3 is 15.6 Å². The largest absolute Gasteiger partial charge is 0.476 e. The second kappa shape index (κ2) is 42.2. The molecule has 88 heavy (non-hydrogen) atoms. The zero-order chi connectivity index (χ0) is 65.3. The smallest absolute Gasteiger partial charge is 0.442 e. The van der Waals surface area contributed by atoms with Crippen molar-refractivity contribution in [1.29, 1.82) is 0 Å². The Hall–Kier alpha value is -3.15. The molecule has 6 heterocycles. The van der Waals surface area contributed by atoms with Crippen LogP contribution < -0.4 is 16.4 Å². The number of phosphoric acid groups is 2. The molecule has 4 aromatic heterocycles. The predicted octanol–water partition coefficient (Wildman–Crippen LogP) is 7.26. The van der Waals surface area contributed by atoms with Crippen LogP contribution in [0.1, 0.15) is 190 Å². The van der Waals surface area contributed by atoms with Gasteiger partial charge in [0.2, 0.25) is 0 Å². The SMILES string of the molecule is CCCCN(CCCC)CCCC.CCCCN(CCCC)CCCC.CCCC[NH+](CCCC)CCCC.[B-]P(=O)(OP(=O)(O)OC[C@H]1O[C@@H](n2cnc3c(N)ncnc32)[C@H](O)[C@@H]1O)OP(=O)(O)OC[C@H]1O[C@@H](n2cnc3c(N)ncnc32)[C@H](O)[C@@H]1O. The van der Waals surface area contributed by atoms with E-state index in [9.17, 15) is 43.9 Å². The van der Waals surface area contributed by atoms with E-state index in [4.69, 9.17) is 28.5 Å². The quantitative estimate of drug-likeness (QED) is 0.0157. The third kappa shape index (κ3) is 27.2. The van der Waals surface area contributed by atoms with Crippen LogP contribution in [-0.4, -0.2) is 195 Å². The van der Waals surface area contributed by atoms with Crippen LogP contribution in [0.25, 0.3) is 22.3 Å². The Morgan fingerprint density at radius 3 is 1.08 bits per heavy atom. The number of aliphatic hydroxyl groups excluding tert-OH is 4. The van der Waals surface area contributed by atoms with Gasteiger partial charge in [0.15, 0.2) is 35.4 Å². The molecule has 505 valence electrons. The molecule has 0 amide bonds. The molecule has 0 saturated carbocycles. The second-order valence-electron chi connectivity index (χ2n) is 22.4. The van der Waals surface area contributed by atoms with Crippen LogP contribution >= 0.6 is 23.1 Å². The summed E-state index contributed by atoms with van der Waals surface area (Å²) in [5.41, 5.74) is 12.1. The maximum atomic E-state index is 12.6. The van der Waals surface area contributed by atoms with Gasteiger partial charge in [-0.3, -0.25) is 18.2 Å². The second-order valence-corrected chi connectivity index (χ2v) is 27.1. The molecule has 0 bridgehead atoms. The summed E-state index contributed by atoms with van der Waals surface area (Å²) in [6, 6.07) is 0. The van der Waals surface area contributed by atoms with E-state index in [1.165, 1.54) is 196 Å². The minimum Gasteiger partial charge on any atom is -0.442 e. The van der Waals surface area contributed by atoms with E-state index in [1.807, 2.05) is 4.90 Å². The summed E-state index contributed by atoms with van der Waals surface area (Å²) in [6.45, 7) is 30.7. The van der Waals surface area contributed by atoms with Crippen LogP contribution in [0.15, 0.2) is 25.3 Å². The number of hydrogen-bond acceptors (Lipinski definition) is 23. The molecule has 2 aliphatic heterocycles. The molecular weight excluding hydrogens is 1200 g/mol. The Morgan fingerprint density at radius 1 is 0.500 bits per heavy atom. The van der Waals surface area contributed by atoms with Gasteiger partial charge in [0.1, 0.15) is 60.3 Å². The third-order valence-corrected chi connectivity index (χ3v) is 19.3. The van der Waals surface area contributed by atoms with Crippen molar-refractivity contribution in [3.05, 3.63) is 25.3 Å². The average Bonchev–Trinajstić information content (AvgIpc) is 2.59. The van der Waals surface area contributed by atoms with Crippen LogP contribution in [0, 0.1) is 0 Å². The lowest BCUT2D eigenvalue weighted by atomic mass is 10.1. The van der Waals surface area contributed by atoms with Crippen molar-refractivity contribution >= 4 is 64.6 Å². The molecule has 0 spiro atoms. The minimum absolute atomic E-state index is 0.0276. The van der Waals surface area contributed by atoms with Crippen LogP contribution in [0.4, 0.5) is 11.6 Å². The number of unbranched alkanes of at least 4 members (excludes halogenated alkanes) is 9. The molecule has 28 nitrogen and oxygen atoms in total. The fraction of sp³-hybridized carbons (Fsp3) is 0.821. The van der Waals surface area contributed by atoms with Crippen molar-refractivity contribution in [2.45, 2.75) is 227 Å². The molecule has 2 unspecified atom stereocenters. The zero-order valence-corrected chi connectivity index (χ0v) is 56.5. The van der Waals surface area contributed by atoms with Gasteiger partial charge in [-0.25, -0.2) is 47.7 Å². The lowest BCUT2D eigenvalue weighted by Gasteiger charge is -2.29. The normalized spacial score (nSPS) is 22.3. The summed E-state index contributed by atoms with van der Waals surface area (Å²) in [5, 5.41) is 41.9. The Bertz CT molecular complexity index is 2420. The van der Waals surface area contributed by atoms with Gasteiger partial charge in [0.25, 0.3) is 0 Å². The molecule has 4 aromatic rings. The van der Waals surface area contributed by atoms with E-state index in [2.05, 4.69) is 120 Å². The van der Waals surface area contributed by atoms with Gasteiger partial charge in [-0.2, -0.15) is 0 Å².